The van der Waals surface area contributed by atoms with Crippen molar-refractivity contribution in [1.29, 1.82) is 0 Å². The number of esters is 1. The van der Waals surface area contributed by atoms with Gasteiger partial charge >= 0.3 is 5.97 Å². The second-order valence-corrected chi connectivity index (χ2v) is 10.9. The van der Waals surface area contributed by atoms with E-state index in [1.54, 1.807) is 11.3 Å². The second-order valence-electron chi connectivity index (χ2n) is 9.78. The third-order valence-corrected chi connectivity index (χ3v) is 8.36. The molecule has 0 aromatic carbocycles. The fourth-order valence-corrected chi connectivity index (χ4v) is 6.82. The smallest absolute Gasteiger partial charge is 0.341 e. The van der Waals surface area contributed by atoms with Gasteiger partial charge in [-0.15, -0.1) is 11.3 Å². The Kier molecular flexibility index (Phi) is 4.86. The van der Waals surface area contributed by atoms with E-state index < -0.39 is 0 Å². The Morgan fingerprint density at radius 3 is 2.52 bits per heavy atom. The molecule has 1 N–H and O–H groups in total. The van der Waals surface area contributed by atoms with Gasteiger partial charge in [0.1, 0.15) is 5.00 Å². The summed E-state index contributed by atoms with van der Waals surface area (Å²) in [5.74, 6) is 1.79. The molecule has 1 aromatic heterocycles. The molecule has 0 unspecified atom stereocenters. The van der Waals surface area contributed by atoms with Gasteiger partial charge < -0.3 is 10.1 Å². The van der Waals surface area contributed by atoms with Crippen LogP contribution in [0.5, 0.6) is 0 Å². The van der Waals surface area contributed by atoms with E-state index in [1.165, 1.54) is 31.2 Å². The van der Waals surface area contributed by atoms with Crippen LogP contribution in [0.2, 0.25) is 0 Å². The molecule has 0 aliphatic heterocycles. The van der Waals surface area contributed by atoms with Gasteiger partial charge in [-0.25, -0.2) is 4.79 Å². The molecule has 2 fully saturated rings. The predicted molar refractivity (Wildman–Crippen MR) is 108 cm³/mol. The normalized spacial score (nSPS) is 29.5. The molecule has 0 radical (unpaired) electrons. The summed E-state index contributed by atoms with van der Waals surface area (Å²) in [6, 6.07) is 0. The lowest BCUT2D eigenvalue weighted by molar-refractivity contribution is -0.121. The van der Waals surface area contributed by atoms with Gasteiger partial charge in [-0.2, -0.15) is 0 Å². The zero-order valence-corrected chi connectivity index (χ0v) is 17.7. The number of hydrogen-bond donors (Lipinski definition) is 1. The molecule has 1 heterocycles. The van der Waals surface area contributed by atoms with Gasteiger partial charge in [0.05, 0.1) is 12.7 Å². The summed E-state index contributed by atoms with van der Waals surface area (Å²) in [6.07, 6.45) is 7.64. The highest BCUT2D eigenvalue weighted by Gasteiger charge is 2.43. The number of methoxy groups -OCH3 is 1. The Labute approximate surface area is 166 Å². The lowest BCUT2D eigenvalue weighted by Crippen LogP contribution is -2.28. The van der Waals surface area contributed by atoms with Crippen molar-refractivity contribution in [3.05, 3.63) is 16.0 Å². The van der Waals surface area contributed by atoms with Crippen LogP contribution < -0.4 is 5.32 Å². The van der Waals surface area contributed by atoms with E-state index in [9.17, 15) is 9.59 Å². The second kappa shape index (κ2) is 6.91. The first-order chi connectivity index (χ1) is 12.8. The van der Waals surface area contributed by atoms with Gasteiger partial charge in [0, 0.05) is 10.8 Å². The minimum atomic E-state index is -0.315. The molecular weight excluding hydrogens is 358 g/mol. The maximum atomic E-state index is 12.9. The van der Waals surface area contributed by atoms with Crippen LogP contribution in [0.4, 0.5) is 5.00 Å². The Bertz CT molecular complexity index is 760. The fourth-order valence-electron chi connectivity index (χ4n) is 5.50. The maximum Gasteiger partial charge on any atom is 0.341 e. The van der Waals surface area contributed by atoms with Crippen LogP contribution in [0, 0.1) is 29.1 Å². The molecule has 3 aliphatic rings. The van der Waals surface area contributed by atoms with Crippen molar-refractivity contribution >= 4 is 28.2 Å². The number of carbonyl (C=O) groups excluding carboxylic acids is 2. The minimum absolute atomic E-state index is 0.110. The molecule has 2 saturated carbocycles. The average molecular weight is 390 g/mol. The summed E-state index contributed by atoms with van der Waals surface area (Å²) in [5, 5.41) is 3.86. The van der Waals surface area contributed by atoms with E-state index in [-0.39, 0.29) is 23.2 Å². The van der Waals surface area contributed by atoms with E-state index >= 15 is 0 Å². The summed E-state index contributed by atoms with van der Waals surface area (Å²) in [4.78, 5) is 26.7. The van der Waals surface area contributed by atoms with Gasteiger partial charge in [-0.05, 0) is 67.3 Å². The first kappa shape index (κ1) is 19.0. The molecule has 27 heavy (non-hydrogen) atoms. The lowest BCUT2D eigenvalue weighted by atomic mass is 9.72. The quantitative estimate of drug-likeness (QED) is 0.735. The third-order valence-electron chi connectivity index (χ3n) is 7.19. The Hall–Kier alpha value is -1.36. The van der Waals surface area contributed by atoms with Gasteiger partial charge in [0.25, 0.3) is 0 Å². The largest absolute Gasteiger partial charge is 0.465 e. The van der Waals surface area contributed by atoms with Crippen molar-refractivity contribution in [3.63, 3.8) is 0 Å². The number of anilines is 1. The van der Waals surface area contributed by atoms with Crippen molar-refractivity contribution in [2.45, 2.75) is 65.7 Å². The summed E-state index contributed by atoms with van der Waals surface area (Å²) in [5.41, 5.74) is 1.97. The van der Waals surface area contributed by atoms with Crippen molar-refractivity contribution < 1.29 is 14.3 Å². The minimum Gasteiger partial charge on any atom is -0.465 e. The fraction of sp³-hybridized carbons (Fsp3) is 0.727. The van der Waals surface area contributed by atoms with Crippen LogP contribution in [-0.4, -0.2) is 19.0 Å². The number of thiophene rings is 1. The number of amides is 1. The van der Waals surface area contributed by atoms with Crippen LogP contribution >= 0.6 is 11.3 Å². The Morgan fingerprint density at radius 2 is 1.93 bits per heavy atom. The molecule has 3 aliphatic carbocycles. The number of nitrogens with one attached hydrogen (secondary N) is 1. The molecule has 0 spiro atoms. The number of hydrogen-bond acceptors (Lipinski definition) is 4. The number of ether oxygens (including phenoxy) is 1. The molecule has 0 saturated heterocycles. The molecule has 1 amide bonds. The van der Waals surface area contributed by atoms with Crippen LogP contribution in [0.15, 0.2) is 0 Å². The van der Waals surface area contributed by atoms with Crippen LogP contribution in [0.25, 0.3) is 0 Å². The molecular formula is C22H31NO3S. The number of rotatable bonds is 3. The molecule has 1 aromatic rings. The van der Waals surface area contributed by atoms with Gasteiger partial charge in [-0.1, -0.05) is 27.2 Å². The van der Waals surface area contributed by atoms with Gasteiger partial charge in [-0.3, -0.25) is 4.79 Å². The van der Waals surface area contributed by atoms with Crippen LogP contribution in [0.3, 0.4) is 0 Å². The van der Waals surface area contributed by atoms with Crippen molar-refractivity contribution in [2.24, 2.45) is 29.1 Å². The van der Waals surface area contributed by atoms with Crippen molar-refractivity contribution in [2.75, 3.05) is 12.4 Å². The van der Waals surface area contributed by atoms with E-state index in [1.807, 2.05) is 0 Å². The van der Waals surface area contributed by atoms with E-state index in [0.717, 1.165) is 37.2 Å². The molecule has 5 heteroatoms. The molecule has 4 nitrogen and oxygen atoms in total. The highest BCUT2D eigenvalue weighted by Crippen LogP contribution is 2.49. The van der Waals surface area contributed by atoms with Crippen molar-refractivity contribution in [3.8, 4) is 0 Å². The monoisotopic (exact) mass is 389 g/mol. The first-order valence-corrected chi connectivity index (χ1v) is 11.1. The Balaban J connectivity index is 1.59. The lowest BCUT2D eigenvalue weighted by Gasteiger charge is -2.33. The predicted octanol–water partition coefficient (Wildman–Crippen LogP) is 5.06. The molecule has 4 atom stereocenters. The highest BCUT2D eigenvalue weighted by atomic mass is 32.1. The summed E-state index contributed by atoms with van der Waals surface area (Å²) >= 11 is 1.60. The first-order valence-electron chi connectivity index (χ1n) is 10.3. The van der Waals surface area contributed by atoms with Crippen LogP contribution in [-0.2, 0) is 22.4 Å². The zero-order valence-electron chi connectivity index (χ0n) is 16.9. The van der Waals surface area contributed by atoms with E-state index in [2.05, 4.69) is 26.1 Å². The molecule has 4 rings (SSSR count). The highest BCUT2D eigenvalue weighted by molar-refractivity contribution is 7.17. The van der Waals surface area contributed by atoms with Gasteiger partial charge in [0.2, 0.25) is 5.91 Å². The average Bonchev–Trinajstić information content (AvgIpc) is 3.33. The van der Waals surface area contributed by atoms with Crippen LogP contribution in [0.1, 0.15) is 73.7 Å². The summed E-state index contributed by atoms with van der Waals surface area (Å²) in [6.45, 7) is 6.86. The number of fused-ring (bicyclic) bond motifs is 3. The maximum absolute atomic E-state index is 12.9. The summed E-state index contributed by atoms with van der Waals surface area (Å²) in [7, 11) is 1.43. The molecule has 2 bridgehead atoms. The standard InChI is InChI=1S/C22H31NO3S/c1-22(2,3)14-7-8-15-17(11-14)27-20(18(15)21(25)26-4)23-19(24)16-10-12-5-6-13(16)9-12/h12-14,16H,5-11H2,1-4H3,(H,23,24)/t12-,13-,14-,16+/m1/s1. The van der Waals surface area contributed by atoms with Gasteiger partial charge in [0.15, 0.2) is 0 Å². The van der Waals surface area contributed by atoms with E-state index in [4.69, 9.17) is 4.74 Å². The van der Waals surface area contributed by atoms with E-state index in [0.29, 0.717) is 22.4 Å². The third kappa shape index (κ3) is 3.43. The number of carbonyl (C=O) groups is 2. The topological polar surface area (TPSA) is 55.4 Å². The SMILES string of the molecule is COC(=O)c1c(NC(=O)[C@H]2C[C@@H]3CC[C@@H]2C3)sc2c1CC[C@@H](C(C)(C)C)C2. The Morgan fingerprint density at radius 1 is 1.15 bits per heavy atom. The van der Waals surface area contributed by atoms with Crippen molar-refractivity contribution in [1.82, 2.24) is 0 Å². The summed E-state index contributed by atoms with van der Waals surface area (Å²) < 4.78 is 5.07. The molecule has 148 valence electrons. The zero-order chi connectivity index (χ0) is 19.3.